The van der Waals surface area contributed by atoms with Crippen molar-refractivity contribution in [3.8, 4) is 17.2 Å². The number of ether oxygens (including phenoxy) is 2. The third-order valence-corrected chi connectivity index (χ3v) is 4.88. The number of Topliss-reactive ketones (excluding diaryl/α,β-unsaturated/α-hetero) is 1. The van der Waals surface area contributed by atoms with Crippen molar-refractivity contribution in [3.63, 3.8) is 0 Å². The number of carbonyl (C=O) groups excluding carboxylic acids is 1. The van der Waals surface area contributed by atoms with Crippen LogP contribution in [0.5, 0.6) is 17.2 Å². The van der Waals surface area contributed by atoms with Crippen molar-refractivity contribution in [1.82, 2.24) is 0 Å². The number of rotatable bonds is 6. The van der Waals surface area contributed by atoms with E-state index in [-0.39, 0.29) is 23.5 Å². The molecule has 5 atom stereocenters. The topological polar surface area (TPSA) is 137 Å². The lowest BCUT2D eigenvalue weighted by Gasteiger charge is -2.39. The first kappa shape index (κ1) is 21.1. The first-order valence-electron chi connectivity index (χ1n) is 9.27. The second-order valence-corrected chi connectivity index (χ2v) is 7.05. The van der Waals surface area contributed by atoms with Crippen LogP contribution in [0.25, 0.3) is 0 Å². The van der Waals surface area contributed by atoms with Gasteiger partial charge in [0.15, 0.2) is 5.78 Å². The summed E-state index contributed by atoms with van der Waals surface area (Å²) in [6.07, 6.45) is -6.18. The predicted octanol–water partition coefficient (Wildman–Crippen LogP) is 1.12. The van der Waals surface area contributed by atoms with Crippen LogP contribution in [-0.2, 0) is 11.2 Å². The normalized spacial score (nSPS) is 26.8. The van der Waals surface area contributed by atoms with Gasteiger partial charge < -0.3 is 35.0 Å². The van der Waals surface area contributed by atoms with Crippen LogP contribution in [0.4, 0.5) is 0 Å². The molecule has 0 aromatic heterocycles. The SMILES string of the molecule is C[C@@H]1O[C@@H](Oc2cc(O)cc(O)c2C(=O)CCc2ccccc2)[C@H](O)[C@H](O)[C@H]1O. The highest BCUT2D eigenvalue weighted by Gasteiger charge is 2.43. The first-order valence-corrected chi connectivity index (χ1v) is 9.27. The summed E-state index contributed by atoms with van der Waals surface area (Å²) in [5.41, 5.74) is 0.779. The minimum Gasteiger partial charge on any atom is -0.508 e. The van der Waals surface area contributed by atoms with Crippen molar-refractivity contribution in [3.05, 3.63) is 53.6 Å². The number of phenolic OH excluding ortho intramolecular Hbond substituents is 2. The van der Waals surface area contributed by atoms with Gasteiger partial charge in [0.25, 0.3) is 0 Å². The van der Waals surface area contributed by atoms with Crippen LogP contribution in [0.2, 0.25) is 0 Å². The summed E-state index contributed by atoms with van der Waals surface area (Å²) >= 11 is 0. The van der Waals surface area contributed by atoms with E-state index in [1.165, 1.54) is 6.92 Å². The van der Waals surface area contributed by atoms with Crippen LogP contribution in [-0.4, -0.2) is 62.0 Å². The van der Waals surface area contributed by atoms with Crippen LogP contribution in [0.3, 0.4) is 0 Å². The van der Waals surface area contributed by atoms with E-state index in [4.69, 9.17) is 9.47 Å². The van der Waals surface area contributed by atoms with Crippen molar-refractivity contribution < 1.29 is 39.8 Å². The number of aliphatic hydroxyl groups is 3. The van der Waals surface area contributed by atoms with Crippen LogP contribution in [0, 0.1) is 0 Å². The molecule has 0 radical (unpaired) electrons. The van der Waals surface area contributed by atoms with Gasteiger partial charge in [-0.25, -0.2) is 0 Å². The molecule has 156 valence electrons. The molecule has 0 aliphatic carbocycles. The summed E-state index contributed by atoms with van der Waals surface area (Å²) in [6.45, 7) is 1.49. The molecule has 0 unspecified atom stereocenters. The molecule has 0 spiro atoms. The van der Waals surface area contributed by atoms with E-state index in [1.807, 2.05) is 30.3 Å². The predicted molar refractivity (Wildman–Crippen MR) is 102 cm³/mol. The average Bonchev–Trinajstić information content (AvgIpc) is 2.69. The molecule has 1 aliphatic heterocycles. The fourth-order valence-electron chi connectivity index (χ4n) is 3.22. The number of carbonyl (C=O) groups is 1. The van der Waals surface area contributed by atoms with E-state index in [0.717, 1.165) is 17.7 Å². The minimum atomic E-state index is -1.60. The second-order valence-electron chi connectivity index (χ2n) is 7.05. The Morgan fingerprint density at radius 1 is 1.03 bits per heavy atom. The summed E-state index contributed by atoms with van der Waals surface area (Å²) in [4.78, 5) is 12.8. The zero-order valence-electron chi connectivity index (χ0n) is 15.8. The smallest absolute Gasteiger partial charge is 0.229 e. The Bertz CT molecular complexity index is 853. The highest BCUT2D eigenvalue weighted by molar-refractivity contribution is 6.01. The van der Waals surface area contributed by atoms with Crippen LogP contribution < -0.4 is 4.74 Å². The van der Waals surface area contributed by atoms with Gasteiger partial charge in [0.2, 0.25) is 6.29 Å². The summed E-state index contributed by atoms with van der Waals surface area (Å²) in [7, 11) is 0. The lowest BCUT2D eigenvalue weighted by atomic mass is 9.99. The first-order chi connectivity index (χ1) is 13.8. The number of benzene rings is 2. The molecule has 3 rings (SSSR count). The molecule has 0 bridgehead atoms. The van der Waals surface area contributed by atoms with Gasteiger partial charge in [-0.2, -0.15) is 0 Å². The average molecular weight is 404 g/mol. The zero-order valence-corrected chi connectivity index (χ0v) is 15.8. The summed E-state index contributed by atoms with van der Waals surface area (Å²) in [6, 6.07) is 11.5. The largest absolute Gasteiger partial charge is 0.508 e. The van der Waals surface area contributed by atoms with E-state index in [9.17, 15) is 30.3 Å². The second kappa shape index (κ2) is 8.79. The number of aromatic hydroxyl groups is 2. The number of phenols is 2. The van der Waals surface area contributed by atoms with E-state index in [1.54, 1.807) is 0 Å². The van der Waals surface area contributed by atoms with Gasteiger partial charge >= 0.3 is 0 Å². The highest BCUT2D eigenvalue weighted by Crippen LogP contribution is 2.36. The number of ketones is 1. The van der Waals surface area contributed by atoms with Gasteiger partial charge in [-0.3, -0.25) is 4.79 Å². The Labute approximate surface area is 167 Å². The Morgan fingerprint density at radius 3 is 2.41 bits per heavy atom. The van der Waals surface area contributed by atoms with Crippen molar-refractivity contribution in [2.75, 3.05) is 0 Å². The molecule has 2 aromatic rings. The van der Waals surface area contributed by atoms with Crippen molar-refractivity contribution >= 4 is 5.78 Å². The molecule has 0 amide bonds. The van der Waals surface area contributed by atoms with E-state index in [0.29, 0.717) is 6.42 Å². The highest BCUT2D eigenvalue weighted by atomic mass is 16.7. The summed E-state index contributed by atoms with van der Waals surface area (Å²) in [5, 5.41) is 49.9. The molecule has 1 fully saturated rings. The molecule has 8 nitrogen and oxygen atoms in total. The van der Waals surface area contributed by atoms with Crippen molar-refractivity contribution in [2.45, 2.75) is 50.5 Å². The third-order valence-electron chi connectivity index (χ3n) is 4.88. The Balaban J connectivity index is 1.82. The van der Waals surface area contributed by atoms with Crippen LogP contribution >= 0.6 is 0 Å². The molecular formula is C21H24O8. The van der Waals surface area contributed by atoms with Gasteiger partial charge in [-0.1, -0.05) is 30.3 Å². The Morgan fingerprint density at radius 2 is 1.72 bits per heavy atom. The molecule has 5 N–H and O–H groups in total. The molecule has 1 saturated heterocycles. The van der Waals surface area contributed by atoms with Crippen molar-refractivity contribution in [2.24, 2.45) is 0 Å². The quantitative estimate of drug-likeness (QED) is 0.452. The van der Waals surface area contributed by atoms with Gasteiger partial charge in [0.1, 0.15) is 41.1 Å². The molecule has 29 heavy (non-hydrogen) atoms. The van der Waals surface area contributed by atoms with Crippen LogP contribution in [0.1, 0.15) is 29.3 Å². The Kier molecular flexibility index (Phi) is 6.39. The molecule has 1 aliphatic rings. The Hall–Kier alpha value is -2.65. The van der Waals surface area contributed by atoms with Crippen molar-refractivity contribution in [1.29, 1.82) is 0 Å². The lowest BCUT2D eigenvalue weighted by molar-refractivity contribution is -0.268. The van der Waals surface area contributed by atoms with E-state index < -0.39 is 42.2 Å². The number of hydrogen-bond acceptors (Lipinski definition) is 8. The van der Waals surface area contributed by atoms with Gasteiger partial charge in [-0.15, -0.1) is 0 Å². The van der Waals surface area contributed by atoms with Gasteiger partial charge in [0.05, 0.1) is 6.10 Å². The van der Waals surface area contributed by atoms with E-state index >= 15 is 0 Å². The lowest BCUT2D eigenvalue weighted by Crippen LogP contribution is -2.58. The van der Waals surface area contributed by atoms with E-state index in [2.05, 4.69) is 0 Å². The molecule has 2 aromatic carbocycles. The molecule has 8 heteroatoms. The summed E-state index contributed by atoms with van der Waals surface area (Å²) in [5.74, 6) is -1.45. The maximum atomic E-state index is 12.8. The molecule has 1 heterocycles. The number of hydrogen-bond donors (Lipinski definition) is 5. The third kappa shape index (κ3) is 4.68. The number of aryl methyl sites for hydroxylation is 1. The van der Waals surface area contributed by atoms with Gasteiger partial charge in [0, 0.05) is 18.6 Å². The minimum absolute atomic E-state index is 0.0739. The monoisotopic (exact) mass is 404 g/mol. The maximum Gasteiger partial charge on any atom is 0.229 e. The fourth-order valence-corrected chi connectivity index (χ4v) is 3.22. The zero-order chi connectivity index (χ0) is 21.1. The fraction of sp³-hybridized carbons (Fsp3) is 0.381. The molecular weight excluding hydrogens is 380 g/mol. The van der Waals surface area contributed by atoms with Gasteiger partial charge in [-0.05, 0) is 18.9 Å². The molecule has 0 saturated carbocycles. The standard InChI is InChI=1S/C21H24O8/c1-11-18(25)19(26)20(27)21(28-11)29-16-10-13(22)9-15(24)17(16)14(23)8-7-12-5-3-2-4-6-12/h2-6,9-11,18-22,24-27H,7-8H2,1H3/t11-,18-,19+,20+,21-/m0/s1. The van der Waals surface area contributed by atoms with Crippen LogP contribution in [0.15, 0.2) is 42.5 Å². The maximum absolute atomic E-state index is 12.8. The summed E-state index contributed by atoms with van der Waals surface area (Å²) < 4.78 is 10.9. The number of aliphatic hydroxyl groups excluding tert-OH is 3.